The highest BCUT2D eigenvalue weighted by atomic mass is 32.1. The predicted molar refractivity (Wildman–Crippen MR) is 90.9 cm³/mol. The molecule has 2 rings (SSSR count). The molecular formula is C18H25NOS. The highest BCUT2D eigenvalue weighted by Crippen LogP contribution is 2.19. The molecule has 0 saturated heterocycles. The van der Waals surface area contributed by atoms with Crippen molar-refractivity contribution in [3.63, 3.8) is 0 Å². The molecule has 0 saturated carbocycles. The van der Waals surface area contributed by atoms with Crippen LogP contribution < -0.4 is 5.32 Å². The lowest BCUT2D eigenvalue weighted by Crippen LogP contribution is -2.21. The quantitative estimate of drug-likeness (QED) is 0.801. The van der Waals surface area contributed by atoms with Gasteiger partial charge in [-0.15, -0.1) is 11.3 Å². The summed E-state index contributed by atoms with van der Waals surface area (Å²) in [5.74, 6) is 0.528. The van der Waals surface area contributed by atoms with Crippen LogP contribution in [-0.4, -0.2) is 11.7 Å². The predicted octanol–water partition coefficient (Wildman–Crippen LogP) is 4.26. The van der Waals surface area contributed by atoms with Crippen molar-refractivity contribution < 1.29 is 5.11 Å². The van der Waals surface area contributed by atoms with E-state index in [0.29, 0.717) is 12.5 Å². The molecule has 2 N–H and O–H groups in total. The van der Waals surface area contributed by atoms with Crippen molar-refractivity contribution >= 4 is 11.3 Å². The van der Waals surface area contributed by atoms with Crippen LogP contribution in [0.25, 0.3) is 0 Å². The first kappa shape index (κ1) is 16.2. The third kappa shape index (κ3) is 4.40. The molecule has 1 heterocycles. The Bertz CT molecular complexity index is 545. The van der Waals surface area contributed by atoms with Crippen LogP contribution in [-0.2, 0) is 13.0 Å². The molecule has 0 fully saturated rings. The van der Waals surface area contributed by atoms with Crippen molar-refractivity contribution in [1.82, 2.24) is 5.32 Å². The molecule has 0 aliphatic carbocycles. The van der Waals surface area contributed by atoms with Crippen molar-refractivity contribution in [1.29, 1.82) is 0 Å². The Hall–Kier alpha value is -1.16. The minimum Gasteiger partial charge on any atom is -0.387 e. The summed E-state index contributed by atoms with van der Waals surface area (Å²) in [5.41, 5.74) is 3.70. The zero-order valence-electron chi connectivity index (χ0n) is 13.1. The lowest BCUT2D eigenvalue weighted by Gasteiger charge is -2.14. The van der Waals surface area contributed by atoms with Crippen LogP contribution in [0.15, 0.2) is 35.7 Å². The van der Waals surface area contributed by atoms with Gasteiger partial charge in [0.15, 0.2) is 0 Å². The molecular weight excluding hydrogens is 278 g/mol. The highest BCUT2D eigenvalue weighted by Gasteiger charge is 2.09. The van der Waals surface area contributed by atoms with Gasteiger partial charge in [-0.2, -0.15) is 0 Å². The number of thiophene rings is 1. The summed E-state index contributed by atoms with van der Waals surface area (Å²) < 4.78 is 0. The van der Waals surface area contributed by atoms with Crippen molar-refractivity contribution in [2.45, 2.75) is 45.8 Å². The molecule has 0 radical (unpaired) electrons. The number of benzene rings is 1. The first-order valence-electron chi connectivity index (χ1n) is 7.65. The van der Waals surface area contributed by atoms with Crippen LogP contribution in [0, 0.1) is 0 Å². The molecule has 21 heavy (non-hydrogen) atoms. The molecule has 1 atom stereocenters. The van der Waals surface area contributed by atoms with Gasteiger partial charge in [0.05, 0.1) is 6.10 Å². The fourth-order valence-corrected chi connectivity index (χ4v) is 3.33. The first-order chi connectivity index (χ1) is 10.1. The molecule has 0 aliphatic heterocycles. The van der Waals surface area contributed by atoms with Crippen LogP contribution in [0.2, 0.25) is 0 Å². The van der Waals surface area contributed by atoms with E-state index in [9.17, 15) is 5.11 Å². The monoisotopic (exact) mass is 303 g/mol. The number of hydrogen-bond donors (Lipinski definition) is 2. The first-order valence-corrected chi connectivity index (χ1v) is 8.53. The Morgan fingerprint density at radius 1 is 1.10 bits per heavy atom. The third-order valence-electron chi connectivity index (χ3n) is 3.83. The summed E-state index contributed by atoms with van der Waals surface area (Å²) in [6.45, 7) is 7.96. The topological polar surface area (TPSA) is 32.3 Å². The molecule has 2 aromatic rings. The normalized spacial score (nSPS) is 12.8. The Labute approximate surface area is 131 Å². The largest absolute Gasteiger partial charge is 0.387 e. The number of aliphatic hydroxyl groups excluding tert-OH is 1. The third-order valence-corrected chi connectivity index (χ3v) is 4.79. The zero-order valence-corrected chi connectivity index (χ0v) is 13.9. The molecule has 1 aromatic heterocycles. The van der Waals surface area contributed by atoms with Crippen LogP contribution in [0.4, 0.5) is 0 Å². The summed E-state index contributed by atoms with van der Waals surface area (Å²) in [4.78, 5) is 1.37. The Morgan fingerprint density at radius 3 is 2.38 bits per heavy atom. The van der Waals surface area contributed by atoms with Crippen LogP contribution >= 0.6 is 11.3 Å². The van der Waals surface area contributed by atoms with Crippen molar-refractivity contribution in [3.8, 4) is 0 Å². The minimum absolute atomic E-state index is 0.448. The van der Waals surface area contributed by atoms with E-state index in [-0.39, 0.29) is 0 Å². The van der Waals surface area contributed by atoms with E-state index >= 15 is 0 Å². The van der Waals surface area contributed by atoms with Crippen LogP contribution in [0.3, 0.4) is 0 Å². The standard InChI is InChI=1S/C18H25NOS/c1-4-14-9-10-21-18(14)12-19-11-17(20)16-7-5-15(6-8-16)13(2)3/h5-10,13,17,19-20H,4,11-12H2,1-3H3. The maximum Gasteiger partial charge on any atom is 0.0914 e. The number of aliphatic hydroxyl groups is 1. The molecule has 1 aromatic carbocycles. The number of rotatable bonds is 7. The van der Waals surface area contributed by atoms with E-state index in [1.54, 1.807) is 11.3 Å². The molecule has 2 nitrogen and oxygen atoms in total. The maximum absolute atomic E-state index is 10.2. The SMILES string of the molecule is CCc1ccsc1CNCC(O)c1ccc(C(C)C)cc1. The molecule has 0 bridgehead atoms. The summed E-state index contributed by atoms with van der Waals surface area (Å²) in [7, 11) is 0. The van der Waals surface area contributed by atoms with Gasteiger partial charge in [0.1, 0.15) is 0 Å². The van der Waals surface area contributed by atoms with E-state index in [2.05, 4.69) is 49.7 Å². The number of hydrogen-bond acceptors (Lipinski definition) is 3. The maximum atomic E-state index is 10.2. The number of nitrogens with one attached hydrogen (secondary N) is 1. The molecule has 0 amide bonds. The van der Waals surface area contributed by atoms with E-state index in [4.69, 9.17) is 0 Å². The fourth-order valence-electron chi connectivity index (χ4n) is 2.38. The second kappa shape index (κ2) is 7.74. The average molecular weight is 303 g/mol. The lowest BCUT2D eigenvalue weighted by molar-refractivity contribution is 0.174. The van der Waals surface area contributed by atoms with Crippen molar-refractivity contribution in [2.24, 2.45) is 0 Å². The summed E-state index contributed by atoms with van der Waals surface area (Å²) in [6, 6.07) is 10.5. The Balaban J connectivity index is 1.85. The van der Waals surface area contributed by atoms with Gasteiger partial charge in [-0.25, -0.2) is 0 Å². The number of aryl methyl sites for hydroxylation is 1. The molecule has 114 valence electrons. The molecule has 1 unspecified atom stereocenters. The molecule has 3 heteroatoms. The zero-order chi connectivity index (χ0) is 15.2. The minimum atomic E-state index is -0.448. The van der Waals surface area contributed by atoms with Gasteiger partial charge < -0.3 is 10.4 Å². The van der Waals surface area contributed by atoms with Crippen molar-refractivity contribution in [2.75, 3.05) is 6.54 Å². The summed E-state index contributed by atoms with van der Waals surface area (Å²) in [5, 5.41) is 15.7. The van der Waals surface area contributed by atoms with Gasteiger partial charge >= 0.3 is 0 Å². The Kier molecular flexibility index (Phi) is 5.97. The van der Waals surface area contributed by atoms with E-state index in [1.165, 1.54) is 16.0 Å². The van der Waals surface area contributed by atoms with Gasteiger partial charge in [-0.05, 0) is 40.5 Å². The van der Waals surface area contributed by atoms with E-state index < -0.39 is 6.10 Å². The van der Waals surface area contributed by atoms with E-state index in [0.717, 1.165) is 18.5 Å². The van der Waals surface area contributed by atoms with Crippen molar-refractivity contribution in [3.05, 3.63) is 57.3 Å². The average Bonchev–Trinajstić information content (AvgIpc) is 2.94. The smallest absolute Gasteiger partial charge is 0.0914 e. The van der Waals surface area contributed by atoms with E-state index in [1.807, 2.05) is 12.1 Å². The van der Waals surface area contributed by atoms with Crippen LogP contribution in [0.1, 0.15) is 54.4 Å². The second-order valence-electron chi connectivity index (χ2n) is 5.69. The lowest BCUT2D eigenvalue weighted by atomic mass is 10.00. The van der Waals surface area contributed by atoms with Gasteiger partial charge in [0, 0.05) is 18.0 Å². The molecule has 0 spiro atoms. The molecule has 0 aliphatic rings. The fraction of sp³-hybridized carbons (Fsp3) is 0.444. The van der Waals surface area contributed by atoms with Gasteiger partial charge in [-0.1, -0.05) is 45.0 Å². The summed E-state index contributed by atoms with van der Waals surface area (Å²) in [6.07, 6.45) is 0.621. The Morgan fingerprint density at radius 2 is 1.76 bits per heavy atom. The van der Waals surface area contributed by atoms with Gasteiger partial charge in [0.2, 0.25) is 0 Å². The summed E-state index contributed by atoms with van der Waals surface area (Å²) >= 11 is 1.78. The second-order valence-corrected chi connectivity index (χ2v) is 6.69. The van der Waals surface area contributed by atoms with Crippen LogP contribution in [0.5, 0.6) is 0 Å². The highest BCUT2D eigenvalue weighted by molar-refractivity contribution is 7.10. The van der Waals surface area contributed by atoms with Gasteiger partial charge in [0.25, 0.3) is 0 Å². The van der Waals surface area contributed by atoms with Gasteiger partial charge in [-0.3, -0.25) is 0 Å².